The first-order chi connectivity index (χ1) is 12.6. The van der Waals surface area contributed by atoms with Crippen LogP contribution in [0.3, 0.4) is 0 Å². The summed E-state index contributed by atoms with van der Waals surface area (Å²) in [5.41, 5.74) is 0.740. The van der Waals surface area contributed by atoms with Crippen LogP contribution in [0.25, 0.3) is 6.08 Å². The van der Waals surface area contributed by atoms with Crippen molar-refractivity contribution in [3.63, 3.8) is 0 Å². The maximum atomic E-state index is 11.7. The van der Waals surface area contributed by atoms with E-state index < -0.39 is 11.9 Å². The number of ether oxygens (including phenoxy) is 3. The summed E-state index contributed by atoms with van der Waals surface area (Å²) in [7, 11) is 1.54. The van der Waals surface area contributed by atoms with Crippen molar-refractivity contribution in [2.45, 2.75) is 13.5 Å². The predicted molar refractivity (Wildman–Crippen MR) is 94.7 cm³/mol. The van der Waals surface area contributed by atoms with Gasteiger partial charge in [0.25, 0.3) is 5.91 Å². The predicted octanol–water partition coefficient (Wildman–Crippen LogP) is 2.56. The summed E-state index contributed by atoms with van der Waals surface area (Å²) in [6, 6.07) is 8.75. The molecule has 1 heterocycles. The number of hydrogen-bond acceptors (Lipinski definition) is 6. The van der Waals surface area contributed by atoms with Gasteiger partial charge in [0, 0.05) is 6.08 Å². The number of benzene rings is 1. The molecule has 0 fully saturated rings. The van der Waals surface area contributed by atoms with E-state index in [2.05, 4.69) is 5.32 Å². The molecule has 0 unspecified atom stereocenters. The lowest BCUT2D eigenvalue weighted by molar-refractivity contribution is -0.143. The van der Waals surface area contributed by atoms with Crippen molar-refractivity contribution in [1.82, 2.24) is 5.32 Å². The zero-order valence-electron chi connectivity index (χ0n) is 14.7. The summed E-state index contributed by atoms with van der Waals surface area (Å²) in [4.78, 5) is 23.3. The SMILES string of the molecule is CCOc1ccc(/C=C/C(=O)OCC(=O)NCc2ccco2)cc1OC. The van der Waals surface area contributed by atoms with E-state index in [9.17, 15) is 9.59 Å². The van der Waals surface area contributed by atoms with E-state index in [1.54, 1.807) is 43.5 Å². The third-order valence-corrected chi connectivity index (χ3v) is 3.28. The van der Waals surface area contributed by atoms with Crippen molar-refractivity contribution in [2.75, 3.05) is 20.3 Å². The van der Waals surface area contributed by atoms with Crippen molar-refractivity contribution in [3.05, 3.63) is 54.0 Å². The van der Waals surface area contributed by atoms with Crippen molar-refractivity contribution in [3.8, 4) is 11.5 Å². The minimum atomic E-state index is -0.619. The maximum Gasteiger partial charge on any atom is 0.331 e. The summed E-state index contributed by atoms with van der Waals surface area (Å²) < 4.78 is 20.7. The number of carbonyl (C=O) groups is 2. The first kappa shape index (κ1) is 19.1. The number of furan rings is 1. The van der Waals surface area contributed by atoms with Crippen LogP contribution in [0.2, 0.25) is 0 Å². The van der Waals surface area contributed by atoms with Gasteiger partial charge in [-0.25, -0.2) is 4.79 Å². The standard InChI is InChI=1S/C19H21NO6/c1-3-24-16-8-6-14(11-17(16)23-2)7-9-19(22)26-13-18(21)20-12-15-5-4-10-25-15/h4-11H,3,12-13H2,1-2H3,(H,20,21)/b9-7+. The molecule has 0 saturated carbocycles. The Kier molecular flexibility index (Phi) is 7.30. The summed E-state index contributed by atoms with van der Waals surface area (Å²) in [5, 5.41) is 2.58. The minimum absolute atomic E-state index is 0.241. The van der Waals surface area contributed by atoms with E-state index >= 15 is 0 Å². The maximum absolute atomic E-state index is 11.7. The van der Waals surface area contributed by atoms with Crippen LogP contribution in [0.4, 0.5) is 0 Å². The number of rotatable bonds is 9. The molecule has 26 heavy (non-hydrogen) atoms. The van der Waals surface area contributed by atoms with Gasteiger partial charge in [-0.05, 0) is 42.8 Å². The smallest absolute Gasteiger partial charge is 0.331 e. The highest BCUT2D eigenvalue weighted by molar-refractivity contribution is 5.89. The van der Waals surface area contributed by atoms with Crippen LogP contribution in [0.1, 0.15) is 18.2 Å². The Labute approximate surface area is 151 Å². The van der Waals surface area contributed by atoms with Gasteiger partial charge in [0.1, 0.15) is 5.76 Å². The molecule has 0 saturated heterocycles. The average Bonchev–Trinajstić information content (AvgIpc) is 3.17. The number of methoxy groups -OCH3 is 1. The fraction of sp³-hybridized carbons (Fsp3) is 0.263. The first-order valence-electron chi connectivity index (χ1n) is 8.07. The molecule has 0 bridgehead atoms. The van der Waals surface area contributed by atoms with Crippen molar-refractivity contribution in [2.24, 2.45) is 0 Å². The van der Waals surface area contributed by atoms with Crippen molar-refractivity contribution < 1.29 is 28.2 Å². The molecule has 0 aliphatic rings. The highest BCUT2D eigenvalue weighted by Crippen LogP contribution is 2.28. The van der Waals surface area contributed by atoms with E-state index in [0.717, 1.165) is 5.56 Å². The number of esters is 1. The zero-order valence-corrected chi connectivity index (χ0v) is 14.7. The van der Waals surface area contributed by atoms with E-state index in [4.69, 9.17) is 18.6 Å². The van der Waals surface area contributed by atoms with Gasteiger partial charge < -0.3 is 23.9 Å². The lowest BCUT2D eigenvalue weighted by Crippen LogP contribution is -2.27. The Morgan fingerprint density at radius 2 is 2.08 bits per heavy atom. The fourth-order valence-corrected chi connectivity index (χ4v) is 2.06. The molecule has 1 amide bonds. The molecule has 0 radical (unpaired) electrons. The summed E-state index contributed by atoms with van der Waals surface area (Å²) in [6.07, 6.45) is 4.33. The molecule has 7 heteroatoms. The van der Waals surface area contributed by atoms with Crippen molar-refractivity contribution >= 4 is 18.0 Å². The highest BCUT2D eigenvalue weighted by Gasteiger charge is 2.07. The minimum Gasteiger partial charge on any atom is -0.493 e. The summed E-state index contributed by atoms with van der Waals surface area (Å²) >= 11 is 0. The average molecular weight is 359 g/mol. The largest absolute Gasteiger partial charge is 0.493 e. The molecule has 0 atom stereocenters. The molecule has 1 aromatic heterocycles. The van der Waals surface area contributed by atoms with Crippen LogP contribution in [0.5, 0.6) is 11.5 Å². The number of carbonyl (C=O) groups excluding carboxylic acids is 2. The summed E-state index contributed by atoms with van der Waals surface area (Å²) in [5.74, 6) is 0.786. The molecule has 1 aromatic carbocycles. The van der Waals surface area contributed by atoms with Gasteiger partial charge in [-0.3, -0.25) is 4.79 Å². The lowest BCUT2D eigenvalue weighted by Gasteiger charge is -2.09. The second-order valence-electron chi connectivity index (χ2n) is 5.14. The fourth-order valence-electron chi connectivity index (χ4n) is 2.06. The van der Waals surface area contributed by atoms with Crippen LogP contribution >= 0.6 is 0 Å². The number of amides is 1. The molecule has 2 aromatic rings. The Balaban J connectivity index is 1.80. The molecule has 1 N–H and O–H groups in total. The number of hydrogen-bond donors (Lipinski definition) is 1. The van der Waals surface area contributed by atoms with Gasteiger partial charge in [0.15, 0.2) is 18.1 Å². The van der Waals surface area contributed by atoms with Gasteiger partial charge in [0.2, 0.25) is 0 Å². The van der Waals surface area contributed by atoms with Crippen molar-refractivity contribution in [1.29, 1.82) is 0 Å². The lowest BCUT2D eigenvalue weighted by atomic mass is 10.2. The number of nitrogens with one attached hydrogen (secondary N) is 1. The van der Waals surface area contributed by atoms with Gasteiger partial charge >= 0.3 is 5.97 Å². The third kappa shape index (κ3) is 6.01. The Morgan fingerprint density at radius 1 is 1.23 bits per heavy atom. The molecule has 0 aliphatic carbocycles. The quantitative estimate of drug-likeness (QED) is 0.547. The molecule has 7 nitrogen and oxygen atoms in total. The molecule has 0 spiro atoms. The van der Waals surface area contributed by atoms with Gasteiger partial charge in [-0.1, -0.05) is 6.07 Å². The Bertz CT molecular complexity index is 751. The first-order valence-corrected chi connectivity index (χ1v) is 8.07. The molecule has 2 rings (SSSR count). The third-order valence-electron chi connectivity index (χ3n) is 3.28. The van der Waals surface area contributed by atoms with Gasteiger partial charge in [-0.2, -0.15) is 0 Å². The monoisotopic (exact) mass is 359 g/mol. The highest BCUT2D eigenvalue weighted by atomic mass is 16.5. The molecular weight excluding hydrogens is 338 g/mol. The molecule has 138 valence electrons. The van der Waals surface area contributed by atoms with Gasteiger partial charge in [-0.15, -0.1) is 0 Å². The van der Waals surface area contributed by atoms with Crippen LogP contribution in [-0.4, -0.2) is 32.2 Å². The summed E-state index contributed by atoms with van der Waals surface area (Å²) in [6.45, 7) is 2.29. The molecule has 0 aliphatic heterocycles. The normalized spacial score (nSPS) is 10.5. The van der Waals surface area contributed by atoms with Crippen LogP contribution in [-0.2, 0) is 20.9 Å². The van der Waals surface area contributed by atoms with E-state index in [1.807, 2.05) is 6.92 Å². The van der Waals surface area contributed by atoms with Crippen LogP contribution in [0, 0.1) is 0 Å². The topological polar surface area (TPSA) is 87.0 Å². The van der Waals surface area contributed by atoms with E-state index in [-0.39, 0.29) is 13.2 Å². The Hall–Kier alpha value is -3.22. The van der Waals surface area contributed by atoms with E-state index in [1.165, 1.54) is 12.3 Å². The molecular formula is C19H21NO6. The zero-order chi connectivity index (χ0) is 18.8. The van der Waals surface area contributed by atoms with E-state index in [0.29, 0.717) is 23.9 Å². The van der Waals surface area contributed by atoms with Crippen LogP contribution < -0.4 is 14.8 Å². The van der Waals surface area contributed by atoms with Gasteiger partial charge in [0.05, 0.1) is 26.5 Å². The second-order valence-corrected chi connectivity index (χ2v) is 5.14. The van der Waals surface area contributed by atoms with Crippen LogP contribution in [0.15, 0.2) is 47.1 Å². The second kappa shape index (κ2) is 9.93. The Morgan fingerprint density at radius 3 is 2.77 bits per heavy atom.